The maximum Gasteiger partial charge on any atom is 0.511 e. The molecule has 0 aromatic heterocycles. The molecule has 0 fully saturated rings. The summed E-state index contributed by atoms with van der Waals surface area (Å²) in [7, 11) is 0. The zero-order chi connectivity index (χ0) is 14.3. The van der Waals surface area contributed by atoms with Gasteiger partial charge >= 0.3 is 6.16 Å². The van der Waals surface area contributed by atoms with Gasteiger partial charge in [-0.15, -0.1) is 0 Å². The molecule has 0 atom stereocenters. The number of aryl methyl sites for hydroxylation is 1. The molecular formula is C15H22O4. The fourth-order valence-corrected chi connectivity index (χ4v) is 2.16. The highest BCUT2D eigenvalue weighted by Gasteiger charge is 2.15. The number of benzene rings is 1. The van der Waals surface area contributed by atoms with Crippen molar-refractivity contribution in [1.29, 1.82) is 0 Å². The quantitative estimate of drug-likeness (QED) is 0.442. The molecule has 4 nitrogen and oxygen atoms in total. The summed E-state index contributed by atoms with van der Waals surface area (Å²) in [4.78, 5) is 10.6. The molecule has 4 heteroatoms. The van der Waals surface area contributed by atoms with E-state index in [2.05, 4.69) is 11.7 Å². The van der Waals surface area contributed by atoms with Crippen molar-refractivity contribution in [3.63, 3.8) is 0 Å². The Bertz CT molecular complexity index is 426. The highest BCUT2D eigenvalue weighted by Crippen LogP contribution is 2.34. The van der Waals surface area contributed by atoms with E-state index in [9.17, 15) is 9.90 Å². The third-order valence-corrected chi connectivity index (χ3v) is 3.09. The van der Waals surface area contributed by atoms with Crippen LogP contribution < -0.4 is 4.74 Å². The van der Waals surface area contributed by atoms with E-state index in [4.69, 9.17) is 5.11 Å². The van der Waals surface area contributed by atoms with Crippen LogP contribution in [0.2, 0.25) is 0 Å². The predicted octanol–water partition coefficient (Wildman–Crippen LogP) is 4.13. The van der Waals surface area contributed by atoms with Crippen LogP contribution >= 0.6 is 0 Å². The summed E-state index contributed by atoms with van der Waals surface area (Å²) >= 11 is 0. The molecule has 1 aromatic carbocycles. The Morgan fingerprint density at radius 2 is 1.89 bits per heavy atom. The summed E-state index contributed by atoms with van der Waals surface area (Å²) in [5.41, 5.74) is 1.91. The van der Waals surface area contributed by atoms with Crippen molar-refractivity contribution in [2.75, 3.05) is 0 Å². The van der Waals surface area contributed by atoms with Crippen molar-refractivity contribution in [1.82, 2.24) is 0 Å². The molecule has 0 amide bonds. The van der Waals surface area contributed by atoms with Crippen LogP contribution in [0, 0.1) is 0 Å². The second-order valence-electron chi connectivity index (χ2n) is 4.63. The van der Waals surface area contributed by atoms with Crippen LogP contribution in [0.1, 0.15) is 50.7 Å². The van der Waals surface area contributed by atoms with Gasteiger partial charge in [0.05, 0.1) is 0 Å². The minimum Gasteiger partial charge on any atom is -0.504 e. The van der Waals surface area contributed by atoms with Gasteiger partial charge in [0, 0.05) is 5.56 Å². The Morgan fingerprint density at radius 3 is 2.47 bits per heavy atom. The smallest absolute Gasteiger partial charge is 0.504 e. The second kappa shape index (κ2) is 7.67. The van der Waals surface area contributed by atoms with Crippen molar-refractivity contribution < 1.29 is 19.7 Å². The van der Waals surface area contributed by atoms with Gasteiger partial charge in [0.15, 0.2) is 11.5 Å². The summed E-state index contributed by atoms with van der Waals surface area (Å²) in [6.07, 6.45) is 4.50. The normalized spacial score (nSPS) is 10.4. The molecule has 106 valence electrons. The molecule has 0 radical (unpaired) electrons. The molecule has 0 unspecified atom stereocenters. The lowest BCUT2D eigenvalue weighted by molar-refractivity contribution is 0.143. The third kappa shape index (κ3) is 4.47. The zero-order valence-corrected chi connectivity index (χ0v) is 11.6. The van der Waals surface area contributed by atoms with Gasteiger partial charge in [-0.2, -0.15) is 0 Å². The van der Waals surface area contributed by atoms with Gasteiger partial charge in [0.1, 0.15) is 0 Å². The average Bonchev–Trinajstić information content (AvgIpc) is 2.36. The van der Waals surface area contributed by atoms with Crippen LogP contribution in [0.3, 0.4) is 0 Å². The number of unbranched alkanes of at least 4 members (excludes halogenated alkanes) is 2. The molecule has 0 heterocycles. The second-order valence-corrected chi connectivity index (χ2v) is 4.63. The van der Waals surface area contributed by atoms with Crippen molar-refractivity contribution in [3.05, 3.63) is 23.3 Å². The SMILES string of the molecule is CCCCCc1ccc(OC(=O)O)c(O)c1CCC. The van der Waals surface area contributed by atoms with E-state index in [0.717, 1.165) is 49.7 Å². The summed E-state index contributed by atoms with van der Waals surface area (Å²) in [5, 5.41) is 18.7. The molecule has 0 spiro atoms. The molecule has 0 aliphatic heterocycles. The van der Waals surface area contributed by atoms with E-state index in [1.54, 1.807) is 0 Å². The number of aromatic hydroxyl groups is 1. The third-order valence-electron chi connectivity index (χ3n) is 3.09. The number of ether oxygens (including phenoxy) is 1. The van der Waals surface area contributed by atoms with Crippen molar-refractivity contribution in [2.45, 2.75) is 52.4 Å². The number of rotatable bonds is 7. The number of carbonyl (C=O) groups is 1. The Labute approximate surface area is 114 Å². The molecule has 19 heavy (non-hydrogen) atoms. The van der Waals surface area contributed by atoms with Gasteiger partial charge in [-0.1, -0.05) is 39.2 Å². The molecular weight excluding hydrogens is 244 g/mol. The molecule has 1 rings (SSSR count). The molecule has 0 saturated heterocycles. The summed E-state index contributed by atoms with van der Waals surface area (Å²) in [6, 6.07) is 3.39. The highest BCUT2D eigenvalue weighted by atomic mass is 16.7. The van der Waals surface area contributed by atoms with Crippen molar-refractivity contribution in [2.24, 2.45) is 0 Å². The predicted molar refractivity (Wildman–Crippen MR) is 74.0 cm³/mol. The Hall–Kier alpha value is -1.71. The van der Waals surface area contributed by atoms with Crippen LogP contribution in [-0.4, -0.2) is 16.4 Å². The Kier molecular flexibility index (Phi) is 6.19. The van der Waals surface area contributed by atoms with E-state index in [1.165, 1.54) is 6.07 Å². The number of phenols is 1. The van der Waals surface area contributed by atoms with E-state index >= 15 is 0 Å². The minimum atomic E-state index is -1.41. The van der Waals surface area contributed by atoms with E-state index < -0.39 is 6.16 Å². The molecule has 0 aliphatic carbocycles. The molecule has 0 aliphatic rings. The van der Waals surface area contributed by atoms with Crippen LogP contribution in [0.15, 0.2) is 12.1 Å². The molecule has 0 saturated carbocycles. The topological polar surface area (TPSA) is 66.8 Å². The maximum atomic E-state index is 10.6. The standard InChI is InChI=1S/C15H22O4/c1-3-5-6-8-11-9-10-13(19-15(17)18)14(16)12(11)7-4-2/h9-10,16H,3-8H2,1-2H3,(H,17,18). The lowest BCUT2D eigenvalue weighted by atomic mass is 9.97. The van der Waals surface area contributed by atoms with Gasteiger partial charge in [0.2, 0.25) is 0 Å². The van der Waals surface area contributed by atoms with Crippen LogP contribution in [-0.2, 0) is 12.8 Å². The van der Waals surface area contributed by atoms with Gasteiger partial charge < -0.3 is 14.9 Å². The monoisotopic (exact) mass is 266 g/mol. The summed E-state index contributed by atoms with van der Waals surface area (Å²) in [5.74, 6) is -0.00607. The Morgan fingerprint density at radius 1 is 1.16 bits per heavy atom. The number of phenolic OH excluding ortho intramolecular Hbond substituents is 1. The zero-order valence-electron chi connectivity index (χ0n) is 11.6. The first-order valence-corrected chi connectivity index (χ1v) is 6.84. The molecule has 0 bridgehead atoms. The average molecular weight is 266 g/mol. The van der Waals surface area contributed by atoms with Gasteiger partial charge in [-0.3, -0.25) is 0 Å². The fourth-order valence-electron chi connectivity index (χ4n) is 2.16. The first kappa shape index (κ1) is 15.3. The van der Waals surface area contributed by atoms with Crippen molar-refractivity contribution in [3.8, 4) is 11.5 Å². The first-order chi connectivity index (χ1) is 9.10. The van der Waals surface area contributed by atoms with E-state index in [1.807, 2.05) is 13.0 Å². The van der Waals surface area contributed by atoms with Gasteiger partial charge in [-0.05, 0) is 30.9 Å². The molecule has 2 N–H and O–H groups in total. The summed E-state index contributed by atoms with van der Waals surface area (Å²) < 4.78 is 4.58. The summed E-state index contributed by atoms with van der Waals surface area (Å²) in [6.45, 7) is 4.17. The lowest BCUT2D eigenvalue weighted by Gasteiger charge is -2.13. The lowest BCUT2D eigenvalue weighted by Crippen LogP contribution is -2.05. The first-order valence-electron chi connectivity index (χ1n) is 6.84. The minimum absolute atomic E-state index is 0.0233. The fraction of sp³-hybridized carbons (Fsp3) is 0.533. The highest BCUT2D eigenvalue weighted by molar-refractivity contribution is 5.64. The Balaban J connectivity index is 2.97. The number of hydrogen-bond acceptors (Lipinski definition) is 3. The van der Waals surface area contributed by atoms with Crippen LogP contribution in [0.4, 0.5) is 4.79 Å². The van der Waals surface area contributed by atoms with Crippen LogP contribution in [0.25, 0.3) is 0 Å². The van der Waals surface area contributed by atoms with Crippen LogP contribution in [0.5, 0.6) is 11.5 Å². The van der Waals surface area contributed by atoms with E-state index in [-0.39, 0.29) is 11.5 Å². The van der Waals surface area contributed by atoms with E-state index in [0.29, 0.717) is 0 Å². The number of hydrogen-bond donors (Lipinski definition) is 2. The van der Waals surface area contributed by atoms with Gasteiger partial charge in [-0.25, -0.2) is 4.79 Å². The maximum absolute atomic E-state index is 10.6. The van der Waals surface area contributed by atoms with Crippen molar-refractivity contribution >= 4 is 6.16 Å². The van der Waals surface area contributed by atoms with Gasteiger partial charge in [0.25, 0.3) is 0 Å². The largest absolute Gasteiger partial charge is 0.511 e. The molecule has 1 aromatic rings. The number of carboxylic acid groups (broad SMARTS) is 1.